The molecule has 0 heterocycles. The van der Waals surface area contributed by atoms with Gasteiger partial charge in [-0.3, -0.25) is 14.9 Å². The second-order valence-corrected chi connectivity index (χ2v) is 7.19. The largest absolute Gasteiger partial charge is 0.449 e. The number of amides is 1. The third-order valence-corrected chi connectivity index (χ3v) is 5.18. The highest BCUT2D eigenvalue weighted by Crippen LogP contribution is 2.28. The molecule has 0 aromatic heterocycles. The van der Waals surface area contributed by atoms with Crippen molar-refractivity contribution < 1.29 is 19.2 Å². The minimum atomic E-state index is -0.975. The molecular formula is C19H24N2O5S. The number of ether oxygens (including phenoxy) is 1. The van der Waals surface area contributed by atoms with Crippen LogP contribution in [0.5, 0.6) is 0 Å². The first kappa shape index (κ1) is 21.0. The van der Waals surface area contributed by atoms with Crippen molar-refractivity contribution in [2.75, 3.05) is 12.8 Å². The zero-order chi connectivity index (χ0) is 19.8. The number of esters is 1. The van der Waals surface area contributed by atoms with E-state index in [4.69, 9.17) is 4.74 Å². The number of carbonyl (C=O) groups is 2. The Hall–Kier alpha value is -2.35. The van der Waals surface area contributed by atoms with Crippen LogP contribution in [-0.4, -0.2) is 35.7 Å². The van der Waals surface area contributed by atoms with Crippen LogP contribution in [0.2, 0.25) is 0 Å². The maximum Gasteiger partial charge on any atom is 0.339 e. The normalized spacial score (nSPS) is 14.8. The Morgan fingerprint density at radius 3 is 2.78 bits per heavy atom. The van der Waals surface area contributed by atoms with Crippen molar-refractivity contribution in [1.29, 1.82) is 0 Å². The summed E-state index contributed by atoms with van der Waals surface area (Å²) in [5.41, 5.74) is 1.24. The number of rotatable bonds is 8. The van der Waals surface area contributed by atoms with Gasteiger partial charge in [-0.2, -0.15) is 0 Å². The summed E-state index contributed by atoms with van der Waals surface area (Å²) in [6, 6.07) is 4.14. The lowest BCUT2D eigenvalue weighted by atomic mass is 9.97. The van der Waals surface area contributed by atoms with E-state index < -0.39 is 17.0 Å². The van der Waals surface area contributed by atoms with Gasteiger partial charge in [0.2, 0.25) is 0 Å². The average molecular weight is 392 g/mol. The topological polar surface area (TPSA) is 98.5 Å². The Morgan fingerprint density at radius 2 is 2.15 bits per heavy atom. The van der Waals surface area contributed by atoms with Gasteiger partial charge in [-0.25, -0.2) is 4.79 Å². The first-order valence-corrected chi connectivity index (χ1v) is 10.1. The molecule has 0 fully saturated rings. The van der Waals surface area contributed by atoms with Gasteiger partial charge in [0.05, 0.1) is 15.4 Å². The Morgan fingerprint density at radius 1 is 1.37 bits per heavy atom. The van der Waals surface area contributed by atoms with E-state index in [9.17, 15) is 19.7 Å². The predicted octanol–water partition coefficient (Wildman–Crippen LogP) is 3.87. The molecule has 0 radical (unpaired) electrons. The highest BCUT2D eigenvalue weighted by Gasteiger charge is 2.22. The molecule has 8 heteroatoms. The summed E-state index contributed by atoms with van der Waals surface area (Å²) >= 11 is 1.22. The highest BCUT2D eigenvalue weighted by atomic mass is 32.2. The van der Waals surface area contributed by atoms with E-state index in [1.165, 1.54) is 55.3 Å². The summed E-state index contributed by atoms with van der Waals surface area (Å²) < 4.78 is 5.15. The first-order chi connectivity index (χ1) is 12.9. The molecule has 146 valence electrons. The molecule has 1 aromatic carbocycles. The van der Waals surface area contributed by atoms with Gasteiger partial charge in [0.25, 0.3) is 11.6 Å². The SMILES string of the molecule is CSc1ccc(C(=O)O[C@@H](C)C(=O)NCCC2=CCCCC2)cc1[N+](=O)[O-]. The van der Waals surface area contributed by atoms with Crippen molar-refractivity contribution in [3.05, 3.63) is 45.5 Å². The number of nitro groups is 1. The molecular weight excluding hydrogens is 368 g/mol. The van der Waals surface area contributed by atoms with Crippen molar-refractivity contribution in [3.63, 3.8) is 0 Å². The molecule has 0 aliphatic heterocycles. The smallest absolute Gasteiger partial charge is 0.339 e. The number of nitrogens with zero attached hydrogens (tertiary/aromatic N) is 1. The van der Waals surface area contributed by atoms with Gasteiger partial charge in [0, 0.05) is 12.6 Å². The number of thioether (sulfide) groups is 1. The van der Waals surface area contributed by atoms with Crippen LogP contribution in [0.1, 0.15) is 49.4 Å². The number of benzene rings is 1. The van der Waals surface area contributed by atoms with Gasteiger partial charge in [-0.1, -0.05) is 11.6 Å². The third kappa shape index (κ3) is 6.09. The van der Waals surface area contributed by atoms with Gasteiger partial charge in [0.15, 0.2) is 6.10 Å². The fourth-order valence-electron chi connectivity index (χ4n) is 2.86. The molecule has 0 unspecified atom stereocenters. The van der Waals surface area contributed by atoms with E-state index >= 15 is 0 Å². The van der Waals surface area contributed by atoms with E-state index in [1.807, 2.05) is 0 Å². The van der Waals surface area contributed by atoms with Crippen LogP contribution in [0.4, 0.5) is 5.69 Å². The zero-order valence-electron chi connectivity index (χ0n) is 15.5. The van der Waals surface area contributed by atoms with Crippen molar-refractivity contribution in [3.8, 4) is 0 Å². The molecule has 2 rings (SSSR count). The van der Waals surface area contributed by atoms with Crippen LogP contribution in [0.15, 0.2) is 34.7 Å². The van der Waals surface area contributed by atoms with Crippen LogP contribution in [0, 0.1) is 10.1 Å². The van der Waals surface area contributed by atoms with E-state index in [0.29, 0.717) is 11.4 Å². The van der Waals surface area contributed by atoms with E-state index in [-0.39, 0.29) is 17.2 Å². The molecule has 0 saturated carbocycles. The van der Waals surface area contributed by atoms with Crippen LogP contribution < -0.4 is 5.32 Å². The van der Waals surface area contributed by atoms with Crippen LogP contribution in [-0.2, 0) is 9.53 Å². The molecule has 1 N–H and O–H groups in total. The van der Waals surface area contributed by atoms with E-state index in [1.54, 1.807) is 6.26 Å². The van der Waals surface area contributed by atoms with E-state index in [0.717, 1.165) is 19.3 Å². The van der Waals surface area contributed by atoms with Gasteiger partial charge in [-0.15, -0.1) is 11.8 Å². The van der Waals surface area contributed by atoms with Gasteiger partial charge >= 0.3 is 5.97 Å². The molecule has 1 atom stereocenters. The number of hydrogen-bond donors (Lipinski definition) is 1. The van der Waals surface area contributed by atoms with Crippen LogP contribution in [0.3, 0.4) is 0 Å². The molecule has 1 aliphatic rings. The van der Waals surface area contributed by atoms with Gasteiger partial charge in [-0.05, 0) is 57.4 Å². The first-order valence-electron chi connectivity index (χ1n) is 8.91. The summed E-state index contributed by atoms with van der Waals surface area (Å²) in [6.45, 7) is 1.98. The molecule has 0 spiro atoms. The van der Waals surface area contributed by atoms with Crippen LogP contribution in [0.25, 0.3) is 0 Å². The Kier molecular flexibility index (Phi) is 7.84. The molecule has 1 aromatic rings. The molecule has 0 saturated heterocycles. The number of hydrogen-bond acceptors (Lipinski definition) is 6. The summed E-state index contributed by atoms with van der Waals surface area (Å²) in [7, 11) is 0. The fraction of sp³-hybridized carbons (Fsp3) is 0.474. The third-order valence-electron chi connectivity index (χ3n) is 4.39. The maximum atomic E-state index is 12.2. The number of nitrogens with one attached hydrogen (secondary N) is 1. The van der Waals surface area contributed by atoms with E-state index in [2.05, 4.69) is 11.4 Å². The Balaban J connectivity index is 1.88. The van der Waals surface area contributed by atoms with Crippen molar-refractivity contribution in [2.45, 2.75) is 50.0 Å². The number of allylic oxidation sites excluding steroid dienone is 1. The lowest BCUT2D eigenvalue weighted by Crippen LogP contribution is -2.36. The Bertz CT molecular complexity index is 748. The van der Waals surface area contributed by atoms with Gasteiger partial charge < -0.3 is 10.1 Å². The van der Waals surface area contributed by atoms with Crippen molar-refractivity contribution in [1.82, 2.24) is 5.32 Å². The number of carbonyl (C=O) groups excluding carboxylic acids is 2. The quantitative estimate of drug-likeness (QED) is 0.237. The second kappa shape index (κ2) is 10.1. The lowest BCUT2D eigenvalue weighted by Gasteiger charge is -2.15. The molecule has 27 heavy (non-hydrogen) atoms. The standard InChI is InChI=1S/C19H24N2O5S/c1-13(18(22)20-11-10-14-6-4-3-5-7-14)26-19(23)15-8-9-17(27-2)16(12-15)21(24)25/h6,8-9,12-13H,3-5,7,10-11H2,1-2H3,(H,20,22)/t13-/m0/s1. The summed E-state index contributed by atoms with van der Waals surface area (Å²) in [5.74, 6) is -1.14. The Labute approximate surface area is 162 Å². The van der Waals surface area contributed by atoms with Gasteiger partial charge in [0.1, 0.15) is 0 Å². The fourth-order valence-corrected chi connectivity index (χ4v) is 3.41. The maximum absolute atomic E-state index is 12.2. The average Bonchev–Trinajstić information content (AvgIpc) is 2.67. The minimum Gasteiger partial charge on any atom is -0.449 e. The summed E-state index contributed by atoms with van der Waals surface area (Å²) in [5, 5.41) is 13.9. The predicted molar refractivity (Wildman–Crippen MR) is 104 cm³/mol. The van der Waals surface area contributed by atoms with Crippen molar-refractivity contribution in [2.24, 2.45) is 0 Å². The van der Waals surface area contributed by atoms with Crippen molar-refractivity contribution >= 4 is 29.3 Å². The molecule has 1 amide bonds. The monoisotopic (exact) mass is 392 g/mol. The highest BCUT2D eigenvalue weighted by molar-refractivity contribution is 7.98. The minimum absolute atomic E-state index is 0.0477. The zero-order valence-corrected chi connectivity index (χ0v) is 16.3. The molecule has 7 nitrogen and oxygen atoms in total. The second-order valence-electron chi connectivity index (χ2n) is 6.34. The summed E-state index contributed by atoms with van der Waals surface area (Å²) in [4.78, 5) is 35.3. The number of nitro benzene ring substituents is 1. The summed E-state index contributed by atoms with van der Waals surface area (Å²) in [6.07, 6.45) is 8.35. The lowest BCUT2D eigenvalue weighted by molar-refractivity contribution is -0.387. The van der Waals surface area contributed by atoms with Crippen LogP contribution >= 0.6 is 11.8 Å². The molecule has 1 aliphatic carbocycles. The molecule has 0 bridgehead atoms.